The molecule has 4 heteroatoms. The Labute approximate surface area is 274 Å². The van der Waals surface area contributed by atoms with Gasteiger partial charge in [0.05, 0.1) is 11.4 Å². The highest BCUT2D eigenvalue weighted by molar-refractivity contribution is 6.08. The molecule has 0 atom stereocenters. The molecule has 4 saturated carbocycles. The molecular formula is C43H35N3O. The number of rotatable bonds is 5. The maximum absolute atomic E-state index is 5.84. The number of nitrogens with zero attached hydrogens (tertiary/aromatic N) is 3. The summed E-state index contributed by atoms with van der Waals surface area (Å²) in [6.07, 6.45) is 10.0. The summed E-state index contributed by atoms with van der Waals surface area (Å²) in [4.78, 5) is 14.8. The first-order valence-electron chi connectivity index (χ1n) is 17.1. The van der Waals surface area contributed by atoms with E-state index in [1.807, 2.05) is 12.1 Å². The maximum Gasteiger partial charge on any atom is 0.182 e. The smallest absolute Gasteiger partial charge is 0.182 e. The van der Waals surface area contributed by atoms with Crippen molar-refractivity contribution >= 4 is 21.9 Å². The molecule has 0 N–H and O–H groups in total. The van der Waals surface area contributed by atoms with Crippen LogP contribution in [0.5, 0.6) is 0 Å². The van der Waals surface area contributed by atoms with Gasteiger partial charge in [-0.2, -0.15) is 0 Å². The number of hydrogen-bond donors (Lipinski definition) is 0. The lowest BCUT2D eigenvalue weighted by Crippen LogP contribution is -2.48. The molecule has 0 amide bonds. The van der Waals surface area contributed by atoms with Crippen molar-refractivity contribution in [3.05, 3.63) is 127 Å². The summed E-state index contributed by atoms with van der Waals surface area (Å²) in [6, 6.07) is 41.1. The minimum Gasteiger partial charge on any atom is -0.443 e. The van der Waals surface area contributed by atoms with E-state index in [9.17, 15) is 0 Å². The van der Waals surface area contributed by atoms with Crippen LogP contribution in [-0.4, -0.2) is 15.0 Å². The van der Waals surface area contributed by atoms with Crippen molar-refractivity contribution in [2.45, 2.75) is 43.9 Å². The molecule has 4 nitrogen and oxygen atoms in total. The summed E-state index contributed by atoms with van der Waals surface area (Å²) in [5, 5.41) is 2.29. The maximum atomic E-state index is 5.84. The Balaban J connectivity index is 1.10. The quantitative estimate of drug-likeness (QED) is 0.195. The normalized spacial score (nSPS) is 23.1. The number of aromatic nitrogens is 3. The minimum absolute atomic E-state index is 0.377. The molecule has 0 aliphatic heterocycles. The van der Waals surface area contributed by atoms with E-state index in [0.29, 0.717) is 5.41 Å². The highest BCUT2D eigenvalue weighted by Crippen LogP contribution is 2.60. The Morgan fingerprint density at radius 1 is 0.553 bits per heavy atom. The van der Waals surface area contributed by atoms with Crippen LogP contribution in [0.1, 0.15) is 44.1 Å². The van der Waals surface area contributed by atoms with Crippen molar-refractivity contribution in [1.82, 2.24) is 15.0 Å². The average Bonchev–Trinajstić information content (AvgIpc) is 3.61. The second-order valence-electron chi connectivity index (χ2n) is 14.3. The van der Waals surface area contributed by atoms with Gasteiger partial charge in [0.2, 0.25) is 0 Å². The second-order valence-corrected chi connectivity index (χ2v) is 14.3. The van der Waals surface area contributed by atoms with E-state index >= 15 is 0 Å². The van der Waals surface area contributed by atoms with Gasteiger partial charge in [-0.25, -0.2) is 15.0 Å². The van der Waals surface area contributed by atoms with E-state index in [1.54, 1.807) is 0 Å². The van der Waals surface area contributed by atoms with Crippen LogP contribution in [0.25, 0.3) is 66.9 Å². The molecule has 4 aliphatic rings. The first-order valence-corrected chi connectivity index (χ1v) is 17.1. The van der Waals surface area contributed by atoms with E-state index in [2.05, 4.69) is 108 Å². The highest BCUT2D eigenvalue weighted by atomic mass is 16.3. The number of hydrogen-bond acceptors (Lipinski definition) is 4. The topological polar surface area (TPSA) is 51.8 Å². The lowest BCUT2D eigenvalue weighted by molar-refractivity contribution is -0.00518. The predicted molar refractivity (Wildman–Crippen MR) is 189 cm³/mol. The molecule has 7 aromatic rings. The number of benzene rings is 5. The van der Waals surface area contributed by atoms with E-state index in [-0.39, 0.29) is 0 Å². The van der Waals surface area contributed by atoms with Crippen LogP contribution in [0.2, 0.25) is 0 Å². The lowest BCUT2D eigenvalue weighted by Gasteiger charge is -2.57. The van der Waals surface area contributed by atoms with Crippen LogP contribution >= 0.6 is 0 Å². The highest BCUT2D eigenvalue weighted by Gasteiger charge is 2.51. The molecule has 0 saturated heterocycles. The third kappa shape index (κ3) is 4.46. The fraction of sp³-hybridized carbons (Fsp3) is 0.233. The third-order valence-corrected chi connectivity index (χ3v) is 11.4. The van der Waals surface area contributed by atoms with Crippen LogP contribution < -0.4 is 0 Å². The molecule has 4 fully saturated rings. The van der Waals surface area contributed by atoms with E-state index in [4.69, 9.17) is 14.4 Å². The Kier molecular flexibility index (Phi) is 6.03. The monoisotopic (exact) mass is 609 g/mol. The predicted octanol–water partition coefficient (Wildman–Crippen LogP) is 10.9. The summed E-state index contributed by atoms with van der Waals surface area (Å²) in [5.41, 5.74) is 10.8. The van der Waals surface area contributed by atoms with E-state index < -0.39 is 0 Å². The van der Waals surface area contributed by atoms with Gasteiger partial charge in [0.15, 0.2) is 17.8 Å². The number of oxazole rings is 1. The van der Waals surface area contributed by atoms with E-state index in [1.165, 1.54) is 50.5 Å². The van der Waals surface area contributed by atoms with Gasteiger partial charge in [-0.1, -0.05) is 103 Å². The van der Waals surface area contributed by atoms with Crippen LogP contribution in [0, 0.1) is 17.8 Å². The Bertz CT molecular complexity index is 2250. The molecule has 0 radical (unpaired) electrons. The van der Waals surface area contributed by atoms with Crippen molar-refractivity contribution < 1.29 is 4.42 Å². The fourth-order valence-electron chi connectivity index (χ4n) is 9.76. The molecule has 47 heavy (non-hydrogen) atoms. The molecule has 2 heterocycles. The van der Waals surface area contributed by atoms with Gasteiger partial charge < -0.3 is 4.42 Å². The van der Waals surface area contributed by atoms with Gasteiger partial charge >= 0.3 is 0 Å². The van der Waals surface area contributed by atoms with Crippen LogP contribution in [0.3, 0.4) is 0 Å². The SMILES string of the molecule is c1ccc(-c2cc(-c3ccc(-c4cccc5ncoc45)c4ccccc34)nc(-c3ccc(C45CC6CC(CC(C6)C4)C5)cc3)n2)cc1. The van der Waals surface area contributed by atoms with Crippen molar-refractivity contribution in [2.75, 3.05) is 0 Å². The van der Waals surface area contributed by atoms with Gasteiger partial charge in [0.1, 0.15) is 5.52 Å². The number of fused-ring (bicyclic) bond motifs is 2. The van der Waals surface area contributed by atoms with Crippen molar-refractivity contribution in [2.24, 2.45) is 17.8 Å². The molecule has 4 bridgehead atoms. The van der Waals surface area contributed by atoms with Crippen molar-refractivity contribution in [3.8, 4) is 45.0 Å². The lowest BCUT2D eigenvalue weighted by atomic mass is 9.48. The molecule has 0 spiro atoms. The zero-order valence-corrected chi connectivity index (χ0v) is 26.3. The van der Waals surface area contributed by atoms with Gasteiger partial charge in [0, 0.05) is 22.3 Å². The second kappa shape index (κ2) is 10.5. The minimum atomic E-state index is 0.377. The van der Waals surface area contributed by atoms with Crippen LogP contribution in [0.4, 0.5) is 0 Å². The zero-order valence-electron chi connectivity index (χ0n) is 26.3. The van der Waals surface area contributed by atoms with Crippen molar-refractivity contribution in [1.29, 1.82) is 0 Å². The van der Waals surface area contributed by atoms with E-state index in [0.717, 1.165) is 84.7 Å². The van der Waals surface area contributed by atoms with Crippen LogP contribution in [-0.2, 0) is 5.41 Å². The summed E-state index contributed by atoms with van der Waals surface area (Å²) in [7, 11) is 0. The molecule has 2 aromatic heterocycles. The average molecular weight is 610 g/mol. The Morgan fingerprint density at radius 2 is 1.21 bits per heavy atom. The van der Waals surface area contributed by atoms with Gasteiger partial charge in [-0.3, -0.25) is 0 Å². The van der Waals surface area contributed by atoms with Crippen LogP contribution in [0.15, 0.2) is 126 Å². The van der Waals surface area contributed by atoms with Gasteiger partial charge in [0.25, 0.3) is 0 Å². The van der Waals surface area contributed by atoms with Crippen molar-refractivity contribution in [3.63, 3.8) is 0 Å². The summed E-state index contributed by atoms with van der Waals surface area (Å²) in [5.74, 6) is 3.55. The third-order valence-electron chi connectivity index (χ3n) is 11.4. The Hall–Kier alpha value is -5.09. The summed E-state index contributed by atoms with van der Waals surface area (Å²) >= 11 is 0. The first-order chi connectivity index (χ1) is 23.2. The van der Waals surface area contributed by atoms with Gasteiger partial charge in [-0.15, -0.1) is 0 Å². The first kappa shape index (κ1) is 27.1. The van der Waals surface area contributed by atoms with Gasteiger partial charge in [-0.05, 0) is 95.7 Å². The summed E-state index contributed by atoms with van der Waals surface area (Å²) < 4.78 is 5.84. The molecule has 11 rings (SSSR count). The molecule has 228 valence electrons. The largest absolute Gasteiger partial charge is 0.443 e. The fourth-order valence-corrected chi connectivity index (χ4v) is 9.76. The Morgan fingerprint density at radius 3 is 1.96 bits per heavy atom. The zero-order chi connectivity index (χ0) is 31.0. The summed E-state index contributed by atoms with van der Waals surface area (Å²) in [6.45, 7) is 0. The molecule has 5 aromatic carbocycles. The standard InChI is InChI=1S/C43H35N3O/c1-2-7-30(8-3-1)39-22-40(36-18-17-35(33-9-4-5-10-34(33)36)37-11-6-12-38-41(37)47-26-44-38)46-42(45-39)31-13-15-32(16-14-31)43-23-27-19-28(24-43)21-29(20-27)25-43/h1-18,22,26-29H,19-21,23-25H2. The number of para-hydroxylation sites is 1. The molecule has 0 unspecified atom stereocenters. The molecule has 4 aliphatic carbocycles. The molecular weight excluding hydrogens is 574 g/mol.